The molecule has 0 aliphatic rings. The van der Waals surface area contributed by atoms with E-state index < -0.39 is 12.0 Å². The van der Waals surface area contributed by atoms with Crippen molar-refractivity contribution < 1.29 is 27.0 Å². The summed E-state index contributed by atoms with van der Waals surface area (Å²) < 4.78 is 0. The van der Waals surface area contributed by atoms with Crippen LogP contribution in [0.3, 0.4) is 0 Å². The molecule has 1 rings (SSSR count). The first kappa shape index (κ1) is 19.5. The fraction of sp³-hybridized carbons (Fsp3) is 0.462. The van der Waals surface area contributed by atoms with Gasteiger partial charge in [0.25, 0.3) is 0 Å². The minimum absolute atomic E-state index is 0. The van der Waals surface area contributed by atoms with Gasteiger partial charge in [-0.15, -0.1) is 23.2 Å². The second-order valence-corrected chi connectivity index (χ2v) is 4.94. The molecular weight excluding hydrogens is 351 g/mol. The Kier molecular flexibility index (Phi) is 10.1. The van der Waals surface area contributed by atoms with E-state index in [0.29, 0.717) is 18.2 Å². The molecule has 0 unspecified atom stereocenters. The monoisotopic (exact) mass is 367 g/mol. The van der Waals surface area contributed by atoms with Gasteiger partial charge in [-0.25, -0.2) is 0 Å². The van der Waals surface area contributed by atoms with Crippen LogP contribution in [0.25, 0.3) is 0 Å². The number of aliphatic carboxylic acids is 1. The van der Waals surface area contributed by atoms with E-state index >= 15 is 0 Å². The SMILES string of the molecule is N[C@@H](Cc1ccc(N(CCCl)CCCl)cc1)C(=O)O.[Cu]. The van der Waals surface area contributed by atoms with Crippen LogP contribution in [0.4, 0.5) is 5.69 Å². The van der Waals surface area contributed by atoms with Gasteiger partial charge in [0.05, 0.1) is 0 Å². The Morgan fingerprint density at radius 3 is 2.10 bits per heavy atom. The number of alkyl halides is 2. The van der Waals surface area contributed by atoms with Crippen LogP contribution in [0.1, 0.15) is 5.56 Å². The maximum atomic E-state index is 10.7. The number of benzene rings is 1. The van der Waals surface area contributed by atoms with Gasteiger partial charge < -0.3 is 15.7 Å². The third-order valence-electron chi connectivity index (χ3n) is 2.78. The zero-order valence-electron chi connectivity index (χ0n) is 10.9. The summed E-state index contributed by atoms with van der Waals surface area (Å²) in [5.74, 6) is 0.0698. The second-order valence-electron chi connectivity index (χ2n) is 4.18. The molecule has 1 radical (unpaired) electrons. The number of hydrogen-bond donors (Lipinski definition) is 2. The standard InChI is InChI=1S/C13H18Cl2N2O2.Cu/c14-5-7-17(8-6-15)11-3-1-10(2-4-11)9-12(16)13(18)19;/h1-4,12H,5-9,16H2,(H,18,19);/t12-;/m0./s1. The van der Waals surface area contributed by atoms with E-state index in [4.69, 9.17) is 34.0 Å². The zero-order chi connectivity index (χ0) is 14.3. The molecule has 0 amide bonds. The van der Waals surface area contributed by atoms with Crippen molar-refractivity contribution in [3.63, 3.8) is 0 Å². The molecule has 0 saturated carbocycles. The number of carboxylic acids is 1. The molecule has 20 heavy (non-hydrogen) atoms. The van der Waals surface area contributed by atoms with Gasteiger partial charge in [0, 0.05) is 47.6 Å². The summed E-state index contributed by atoms with van der Waals surface area (Å²) in [5, 5.41) is 8.76. The van der Waals surface area contributed by atoms with Gasteiger partial charge in [-0.3, -0.25) is 4.79 Å². The van der Waals surface area contributed by atoms with E-state index in [-0.39, 0.29) is 17.1 Å². The Bertz CT molecular complexity index is 398. The first-order valence-electron chi connectivity index (χ1n) is 6.02. The average molecular weight is 369 g/mol. The molecule has 117 valence electrons. The minimum Gasteiger partial charge on any atom is -0.480 e. The smallest absolute Gasteiger partial charge is 0.320 e. The quantitative estimate of drug-likeness (QED) is 0.543. The van der Waals surface area contributed by atoms with E-state index in [9.17, 15) is 4.79 Å². The molecule has 1 aromatic rings. The van der Waals surface area contributed by atoms with Crippen LogP contribution in [0.15, 0.2) is 24.3 Å². The van der Waals surface area contributed by atoms with E-state index in [1.54, 1.807) is 0 Å². The molecule has 3 N–H and O–H groups in total. The number of anilines is 1. The van der Waals surface area contributed by atoms with Gasteiger partial charge in [-0.05, 0) is 24.1 Å². The average Bonchev–Trinajstić information content (AvgIpc) is 2.39. The number of carbonyl (C=O) groups is 1. The minimum atomic E-state index is -0.991. The summed E-state index contributed by atoms with van der Waals surface area (Å²) in [6.07, 6.45) is 0.320. The third-order valence-corrected chi connectivity index (χ3v) is 3.12. The van der Waals surface area contributed by atoms with Gasteiger partial charge in [-0.1, -0.05) is 12.1 Å². The first-order valence-corrected chi connectivity index (χ1v) is 7.09. The van der Waals surface area contributed by atoms with Crippen LogP contribution < -0.4 is 10.6 Å². The largest absolute Gasteiger partial charge is 0.480 e. The van der Waals surface area contributed by atoms with Crippen LogP contribution in [-0.4, -0.2) is 42.0 Å². The number of hydrogen-bond acceptors (Lipinski definition) is 3. The Labute approximate surface area is 139 Å². The van der Waals surface area contributed by atoms with Crippen molar-refractivity contribution in [2.24, 2.45) is 5.73 Å². The van der Waals surface area contributed by atoms with E-state index in [1.807, 2.05) is 24.3 Å². The van der Waals surface area contributed by atoms with Gasteiger partial charge in [0.2, 0.25) is 0 Å². The molecule has 1 atom stereocenters. The third kappa shape index (κ3) is 6.33. The molecule has 4 nitrogen and oxygen atoms in total. The molecule has 0 spiro atoms. The summed E-state index contributed by atoms with van der Waals surface area (Å²) in [5.41, 5.74) is 7.42. The van der Waals surface area contributed by atoms with Crippen molar-refractivity contribution >= 4 is 34.9 Å². The second kappa shape index (κ2) is 10.3. The summed E-state index contributed by atoms with van der Waals surface area (Å²) in [6.45, 7) is 1.45. The molecule has 0 saturated heterocycles. The van der Waals surface area contributed by atoms with Crippen LogP contribution in [-0.2, 0) is 28.3 Å². The normalized spacial score (nSPS) is 11.6. The Hall–Kier alpha value is -0.451. The van der Waals surface area contributed by atoms with Crippen molar-refractivity contribution in [1.82, 2.24) is 0 Å². The fourth-order valence-corrected chi connectivity index (χ4v) is 2.17. The fourth-order valence-electron chi connectivity index (χ4n) is 1.76. The van der Waals surface area contributed by atoms with Gasteiger partial charge >= 0.3 is 5.97 Å². The Balaban J connectivity index is 0.00000361. The predicted octanol–water partition coefficient (Wildman–Crippen LogP) is 1.92. The predicted molar refractivity (Wildman–Crippen MR) is 79.4 cm³/mol. The van der Waals surface area contributed by atoms with Crippen LogP contribution >= 0.6 is 23.2 Å². The van der Waals surface area contributed by atoms with Gasteiger partial charge in [-0.2, -0.15) is 0 Å². The van der Waals surface area contributed by atoms with Crippen molar-refractivity contribution in [3.8, 4) is 0 Å². The topological polar surface area (TPSA) is 66.6 Å². The summed E-state index contributed by atoms with van der Waals surface area (Å²) in [6, 6.07) is 6.76. The summed E-state index contributed by atoms with van der Waals surface area (Å²) in [4.78, 5) is 12.8. The number of carboxylic acid groups (broad SMARTS) is 1. The summed E-state index contributed by atoms with van der Waals surface area (Å²) >= 11 is 11.5. The number of nitrogens with two attached hydrogens (primary N) is 1. The Morgan fingerprint density at radius 2 is 1.70 bits per heavy atom. The molecule has 0 aliphatic carbocycles. The molecule has 0 fully saturated rings. The maximum absolute atomic E-state index is 10.7. The molecule has 0 bridgehead atoms. The number of nitrogens with zero attached hydrogens (tertiary/aromatic N) is 1. The van der Waals surface area contributed by atoms with Crippen LogP contribution in [0, 0.1) is 0 Å². The summed E-state index contributed by atoms with van der Waals surface area (Å²) in [7, 11) is 0. The molecule has 0 aliphatic heterocycles. The number of rotatable bonds is 8. The van der Waals surface area contributed by atoms with Crippen molar-refractivity contribution in [2.75, 3.05) is 29.7 Å². The van der Waals surface area contributed by atoms with E-state index in [2.05, 4.69) is 4.90 Å². The number of halogens is 2. The van der Waals surface area contributed by atoms with Crippen molar-refractivity contribution in [2.45, 2.75) is 12.5 Å². The van der Waals surface area contributed by atoms with Crippen molar-refractivity contribution in [1.29, 1.82) is 0 Å². The van der Waals surface area contributed by atoms with E-state index in [0.717, 1.165) is 24.3 Å². The molecule has 1 aromatic carbocycles. The Morgan fingerprint density at radius 1 is 1.20 bits per heavy atom. The maximum Gasteiger partial charge on any atom is 0.320 e. The van der Waals surface area contributed by atoms with Gasteiger partial charge in [0.1, 0.15) is 6.04 Å². The molecule has 7 heteroatoms. The van der Waals surface area contributed by atoms with Crippen LogP contribution in [0.5, 0.6) is 0 Å². The van der Waals surface area contributed by atoms with Crippen LogP contribution in [0.2, 0.25) is 0 Å². The van der Waals surface area contributed by atoms with Crippen molar-refractivity contribution in [3.05, 3.63) is 29.8 Å². The van der Waals surface area contributed by atoms with E-state index in [1.165, 1.54) is 0 Å². The van der Waals surface area contributed by atoms with Gasteiger partial charge in [0.15, 0.2) is 0 Å². The molecule has 0 heterocycles. The first-order chi connectivity index (χ1) is 9.08. The zero-order valence-corrected chi connectivity index (χ0v) is 13.3. The molecule has 0 aromatic heterocycles. The molecular formula is C13H18Cl2CuN2O2.